The molecule has 2 aromatic carbocycles. The summed E-state index contributed by atoms with van der Waals surface area (Å²) in [4.78, 5) is 41.1. The topological polar surface area (TPSA) is 97.4 Å². The molecule has 2 aliphatic rings. The number of para-hydroxylation sites is 1. The second kappa shape index (κ2) is 12.3. The number of likely N-dealkylation sites (tertiary alicyclic amines) is 1. The largest absolute Gasteiger partial charge is 0.484 e. The van der Waals surface area contributed by atoms with Crippen LogP contribution in [0.2, 0.25) is 0 Å². The first-order chi connectivity index (χ1) is 19.3. The van der Waals surface area contributed by atoms with Crippen molar-refractivity contribution in [3.63, 3.8) is 0 Å². The van der Waals surface area contributed by atoms with Gasteiger partial charge in [-0.05, 0) is 45.7 Å². The first-order valence-corrected chi connectivity index (χ1v) is 13.4. The molecule has 222 valence electrons. The average Bonchev–Trinajstić information content (AvgIpc) is 2.90. The van der Waals surface area contributed by atoms with Crippen LogP contribution in [0.25, 0.3) is 0 Å². The molecule has 2 heterocycles. The first-order valence-electron chi connectivity index (χ1n) is 13.4. The Morgan fingerprint density at radius 2 is 1.76 bits per heavy atom. The Balaban J connectivity index is 1.40. The zero-order valence-electron chi connectivity index (χ0n) is 23.3. The Morgan fingerprint density at radius 3 is 2.44 bits per heavy atom. The maximum Gasteiger partial charge on any atom is 0.422 e. The molecular weight excluding hydrogens is 543 g/mol. The lowest BCUT2D eigenvalue weighted by molar-refractivity contribution is -0.153. The van der Waals surface area contributed by atoms with E-state index in [1.54, 1.807) is 9.80 Å². The number of hydrogen-bond donors (Lipinski definition) is 1. The number of carbonyl (C=O) groups excluding carboxylic acids is 3. The molecule has 0 bridgehead atoms. The molecule has 3 amide bonds. The van der Waals surface area contributed by atoms with E-state index in [9.17, 15) is 27.6 Å². The van der Waals surface area contributed by atoms with Gasteiger partial charge in [0.15, 0.2) is 13.2 Å². The summed E-state index contributed by atoms with van der Waals surface area (Å²) in [6.45, 7) is 4.51. The lowest BCUT2D eigenvalue weighted by atomic mass is 10.00. The van der Waals surface area contributed by atoms with Crippen molar-refractivity contribution in [3.05, 3.63) is 53.6 Å². The molecule has 1 saturated heterocycles. The minimum atomic E-state index is -4.58. The van der Waals surface area contributed by atoms with Crippen molar-refractivity contribution in [2.24, 2.45) is 0 Å². The van der Waals surface area contributed by atoms with Crippen molar-refractivity contribution in [2.75, 3.05) is 31.2 Å². The zero-order chi connectivity index (χ0) is 29.8. The van der Waals surface area contributed by atoms with Gasteiger partial charge < -0.3 is 24.4 Å². The van der Waals surface area contributed by atoms with Crippen LogP contribution in [0, 0.1) is 0 Å². The molecule has 1 N–H and O–H groups in total. The molecule has 1 fully saturated rings. The Morgan fingerprint density at radius 1 is 1.05 bits per heavy atom. The van der Waals surface area contributed by atoms with Crippen molar-refractivity contribution in [3.8, 4) is 11.5 Å². The third kappa shape index (κ3) is 8.27. The predicted octanol–water partition coefficient (Wildman–Crippen LogP) is 4.61. The number of amides is 3. The molecule has 12 heteroatoms. The van der Waals surface area contributed by atoms with E-state index >= 15 is 0 Å². The molecule has 0 aliphatic carbocycles. The summed E-state index contributed by atoms with van der Waals surface area (Å²) >= 11 is 0. The summed E-state index contributed by atoms with van der Waals surface area (Å²) in [6.07, 6.45) is -4.14. The van der Waals surface area contributed by atoms with Crippen LogP contribution < -0.4 is 19.7 Å². The molecule has 0 aromatic heterocycles. The van der Waals surface area contributed by atoms with Crippen LogP contribution >= 0.6 is 0 Å². The third-order valence-electron chi connectivity index (χ3n) is 6.64. The van der Waals surface area contributed by atoms with Crippen LogP contribution in [0.3, 0.4) is 0 Å². The SMILES string of the molecule is CC(C)(C)NC(=O)COc1ccc(CC(=O)N2CCC(N3C(=O)OCc4ccccc43)CC2)c(OCC(F)(F)F)c1. The van der Waals surface area contributed by atoms with Gasteiger partial charge in [0.25, 0.3) is 5.91 Å². The number of nitrogens with zero attached hydrogens (tertiary/aromatic N) is 2. The Labute approximate surface area is 236 Å². The lowest BCUT2D eigenvalue weighted by Crippen LogP contribution is -2.50. The number of ether oxygens (including phenoxy) is 3. The highest BCUT2D eigenvalue weighted by Gasteiger charge is 2.35. The van der Waals surface area contributed by atoms with Gasteiger partial charge >= 0.3 is 12.3 Å². The summed E-state index contributed by atoms with van der Waals surface area (Å²) in [5.41, 5.74) is 1.51. The lowest BCUT2D eigenvalue weighted by Gasteiger charge is -2.40. The van der Waals surface area contributed by atoms with Crippen LogP contribution in [0.4, 0.5) is 23.7 Å². The van der Waals surface area contributed by atoms with Gasteiger partial charge in [0, 0.05) is 41.9 Å². The molecule has 9 nitrogen and oxygen atoms in total. The maximum absolute atomic E-state index is 13.2. The quantitative estimate of drug-likeness (QED) is 0.492. The fraction of sp³-hybridized carbons (Fsp3) is 0.483. The average molecular weight is 578 g/mol. The van der Waals surface area contributed by atoms with E-state index in [-0.39, 0.29) is 54.6 Å². The van der Waals surface area contributed by atoms with Gasteiger partial charge in [-0.1, -0.05) is 24.3 Å². The molecule has 0 saturated carbocycles. The van der Waals surface area contributed by atoms with E-state index in [1.807, 2.05) is 45.0 Å². The summed E-state index contributed by atoms with van der Waals surface area (Å²) in [7, 11) is 0. The van der Waals surface area contributed by atoms with Crippen molar-refractivity contribution >= 4 is 23.6 Å². The Kier molecular flexibility index (Phi) is 8.98. The van der Waals surface area contributed by atoms with Crippen molar-refractivity contribution < 1.29 is 41.8 Å². The second-order valence-electron chi connectivity index (χ2n) is 11.1. The van der Waals surface area contributed by atoms with Gasteiger partial charge in [0.05, 0.1) is 12.1 Å². The highest BCUT2D eigenvalue weighted by Crippen LogP contribution is 2.32. The van der Waals surface area contributed by atoms with Gasteiger partial charge in [-0.15, -0.1) is 0 Å². The minimum absolute atomic E-state index is 0.136. The summed E-state index contributed by atoms with van der Waals surface area (Å²) in [5.74, 6) is -0.678. The van der Waals surface area contributed by atoms with E-state index in [0.29, 0.717) is 25.9 Å². The molecule has 2 aromatic rings. The highest BCUT2D eigenvalue weighted by atomic mass is 19.4. The smallest absolute Gasteiger partial charge is 0.422 e. The highest BCUT2D eigenvalue weighted by molar-refractivity contribution is 5.91. The number of hydrogen-bond acceptors (Lipinski definition) is 6. The van der Waals surface area contributed by atoms with Gasteiger partial charge in [-0.3, -0.25) is 14.5 Å². The Bertz CT molecular complexity index is 1270. The van der Waals surface area contributed by atoms with Crippen LogP contribution in [-0.4, -0.2) is 66.9 Å². The molecule has 4 rings (SSSR count). The second-order valence-corrected chi connectivity index (χ2v) is 11.1. The number of carbonyl (C=O) groups is 3. The number of rotatable bonds is 8. The van der Waals surface area contributed by atoms with Crippen molar-refractivity contribution in [1.29, 1.82) is 0 Å². The summed E-state index contributed by atoms with van der Waals surface area (Å²) in [5, 5.41) is 2.73. The molecule has 0 unspecified atom stereocenters. The summed E-state index contributed by atoms with van der Waals surface area (Å²) < 4.78 is 54.6. The standard InChI is InChI=1S/C29H34F3N3O6/c1-28(2,3)33-25(36)17-39-22-9-8-19(24(15-22)41-18-29(30,31)32)14-26(37)34-12-10-21(11-13-34)35-23-7-5-4-6-20(23)16-40-27(35)38/h4-9,15,21H,10-14,16-18H2,1-3H3,(H,33,36). The number of alkyl halides is 3. The fourth-order valence-corrected chi connectivity index (χ4v) is 4.84. The predicted molar refractivity (Wildman–Crippen MR) is 144 cm³/mol. The van der Waals surface area contributed by atoms with Gasteiger partial charge in [-0.25, -0.2) is 4.79 Å². The first kappa shape index (κ1) is 30.0. The van der Waals surface area contributed by atoms with E-state index in [2.05, 4.69) is 5.32 Å². The number of nitrogens with one attached hydrogen (secondary N) is 1. The minimum Gasteiger partial charge on any atom is -0.484 e. The molecule has 0 atom stereocenters. The summed E-state index contributed by atoms with van der Waals surface area (Å²) in [6, 6.07) is 11.6. The monoisotopic (exact) mass is 577 g/mol. The molecule has 0 radical (unpaired) electrons. The normalized spacial score (nSPS) is 16.1. The van der Waals surface area contributed by atoms with Crippen LogP contribution in [-0.2, 0) is 27.4 Å². The van der Waals surface area contributed by atoms with E-state index in [4.69, 9.17) is 14.2 Å². The van der Waals surface area contributed by atoms with Crippen LogP contribution in [0.5, 0.6) is 11.5 Å². The zero-order valence-corrected chi connectivity index (χ0v) is 23.3. The molecule has 41 heavy (non-hydrogen) atoms. The van der Waals surface area contributed by atoms with E-state index in [0.717, 1.165) is 11.3 Å². The number of anilines is 1. The van der Waals surface area contributed by atoms with Gasteiger partial charge in [0.1, 0.15) is 18.1 Å². The van der Waals surface area contributed by atoms with E-state index in [1.165, 1.54) is 18.2 Å². The fourth-order valence-electron chi connectivity index (χ4n) is 4.84. The van der Waals surface area contributed by atoms with Gasteiger partial charge in [0.2, 0.25) is 5.91 Å². The van der Waals surface area contributed by atoms with Crippen LogP contribution in [0.15, 0.2) is 42.5 Å². The van der Waals surface area contributed by atoms with Crippen molar-refractivity contribution in [1.82, 2.24) is 10.2 Å². The van der Waals surface area contributed by atoms with Crippen LogP contribution in [0.1, 0.15) is 44.7 Å². The number of halogens is 3. The van der Waals surface area contributed by atoms with Gasteiger partial charge in [-0.2, -0.15) is 13.2 Å². The molecule has 2 aliphatic heterocycles. The van der Waals surface area contributed by atoms with Crippen molar-refractivity contribution in [2.45, 2.75) is 64.4 Å². The maximum atomic E-state index is 13.2. The third-order valence-corrected chi connectivity index (χ3v) is 6.64. The number of piperidine rings is 1. The number of benzene rings is 2. The molecule has 0 spiro atoms. The van der Waals surface area contributed by atoms with E-state index < -0.39 is 24.4 Å². The number of cyclic esters (lactones) is 1. The molecular formula is C29H34F3N3O6. The number of fused-ring (bicyclic) bond motifs is 1. The Hall–Kier alpha value is -3.96.